The van der Waals surface area contributed by atoms with Gasteiger partial charge in [-0.05, 0) is 13.0 Å². The topological polar surface area (TPSA) is 52.7 Å². The van der Waals surface area contributed by atoms with E-state index in [-0.39, 0.29) is 5.75 Å². The number of nitrogens with one attached hydrogen (secondary N) is 1. The molecule has 0 aromatic carbocycles. The molecule has 2 fully saturated rings. The minimum Gasteiger partial charge on any atom is -0.314 e. The molecule has 0 spiro atoms. The van der Waals surface area contributed by atoms with Gasteiger partial charge in [0.2, 0.25) is 0 Å². The van der Waals surface area contributed by atoms with Gasteiger partial charge in [-0.15, -0.1) is 0 Å². The Kier molecular flexibility index (Phi) is 5.00. The molecule has 0 saturated carbocycles. The van der Waals surface area contributed by atoms with Gasteiger partial charge in [-0.3, -0.25) is 4.90 Å². The van der Waals surface area contributed by atoms with Gasteiger partial charge >= 0.3 is 0 Å². The van der Waals surface area contributed by atoms with E-state index in [1.807, 2.05) is 0 Å². The highest BCUT2D eigenvalue weighted by Crippen LogP contribution is 2.15. The Morgan fingerprint density at radius 1 is 1.22 bits per heavy atom. The molecule has 1 N–H and O–H groups in total. The van der Waals surface area contributed by atoms with Crippen molar-refractivity contribution in [2.24, 2.45) is 0 Å². The summed E-state index contributed by atoms with van der Waals surface area (Å²) in [4.78, 5) is 4.92. The second kappa shape index (κ2) is 6.32. The van der Waals surface area contributed by atoms with Gasteiger partial charge in [-0.1, -0.05) is 6.92 Å². The Balaban J connectivity index is 1.58. The van der Waals surface area contributed by atoms with E-state index in [1.165, 1.54) is 0 Å². The molecule has 0 aromatic rings. The van der Waals surface area contributed by atoms with E-state index in [0.717, 1.165) is 52.2 Å². The minimum absolute atomic E-state index is 0.274. The summed E-state index contributed by atoms with van der Waals surface area (Å²) in [6.45, 7) is 9.40. The Hall–Kier alpha value is -0.170. The summed E-state index contributed by atoms with van der Waals surface area (Å²) in [6, 6.07) is 0.704. The van der Waals surface area contributed by atoms with Crippen LogP contribution in [0.4, 0.5) is 0 Å². The van der Waals surface area contributed by atoms with Gasteiger partial charge in [0.1, 0.15) is 9.84 Å². The van der Waals surface area contributed by atoms with Gasteiger partial charge in [-0.2, -0.15) is 0 Å². The van der Waals surface area contributed by atoms with Crippen LogP contribution in [0.5, 0.6) is 0 Å². The lowest BCUT2D eigenvalue weighted by Crippen LogP contribution is -2.62. The van der Waals surface area contributed by atoms with Crippen molar-refractivity contribution < 1.29 is 8.42 Å². The highest BCUT2D eigenvalue weighted by molar-refractivity contribution is 7.91. The molecule has 2 aliphatic heterocycles. The summed E-state index contributed by atoms with van der Waals surface area (Å²) in [5.74, 6) is 0.620. The van der Waals surface area contributed by atoms with Crippen LogP contribution in [0.2, 0.25) is 0 Å². The maximum atomic E-state index is 11.4. The third-order valence-electron chi connectivity index (χ3n) is 3.98. The SMILES string of the molecule is CCS(=O)(=O)CCCN1CC(N2CCNCC2)C1. The van der Waals surface area contributed by atoms with E-state index in [0.29, 0.717) is 11.8 Å². The standard InChI is InChI=1S/C12H25N3O2S/c1-2-18(16,17)9-3-6-14-10-12(11-14)15-7-4-13-5-8-15/h12-13H,2-11H2,1H3. The van der Waals surface area contributed by atoms with Gasteiger partial charge in [0, 0.05) is 51.1 Å². The molecule has 2 rings (SSSR count). The van der Waals surface area contributed by atoms with Gasteiger partial charge in [0.15, 0.2) is 0 Å². The van der Waals surface area contributed by atoms with Crippen LogP contribution in [0.3, 0.4) is 0 Å². The molecule has 0 unspecified atom stereocenters. The zero-order valence-corrected chi connectivity index (χ0v) is 12.1. The number of hydrogen-bond donors (Lipinski definition) is 1. The normalized spacial score (nSPS) is 24.1. The van der Waals surface area contributed by atoms with Crippen molar-refractivity contribution in [3.05, 3.63) is 0 Å². The summed E-state index contributed by atoms with van der Waals surface area (Å²) < 4.78 is 22.7. The third kappa shape index (κ3) is 3.91. The second-order valence-corrected chi connectivity index (χ2v) is 7.76. The summed E-state index contributed by atoms with van der Waals surface area (Å²) in [5, 5.41) is 3.36. The molecule has 18 heavy (non-hydrogen) atoms. The van der Waals surface area contributed by atoms with E-state index in [1.54, 1.807) is 6.92 Å². The highest BCUT2D eigenvalue weighted by atomic mass is 32.2. The molecule has 2 aliphatic rings. The van der Waals surface area contributed by atoms with Crippen LogP contribution in [-0.2, 0) is 9.84 Å². The van der Waals surface area contributed by atoms with Crippen LogP contribution in [-0.4, -0.2) is 81.6 Å². The molecule has 5 nitrogen and oxygen atoms in total. The average Bonchev–Trinajstić information content (AvgIpc) is 2.33. The lowest BCUT2D eigenvalue weighted by Gasteiger charge is -2.46. The molecule has 0 amide bonds. The minimum atomic E-state index is -2.78. The lowest BCUT2D eigenvalue weighted by molar-refractivity contribution is 0.0277. The first-order valence-electron chi connectivity index (χ1n) is 6.98. The quantitative estimate of drug-likeness (QED) is 0.701. The Morgan fingerprint density at radius 3 is 2.50 bits per heavy atom. The number of nitrogens with zero attached hydrogens (tertiary/aromatic N) is 2. The van der Waals surface area contributed by atoms with Crippen molar-refractivity contribution in [3.63, 3.8) is 0 Å². The average molecular weight is 275 g/mol. The Bertz CT molecular complexity index is 346. The van der Waals surface area contributed by atoms with Crippen molar-refractivity contribution in [2.75, 3.05) is 57.3 Å². The lowest BCUT2D eigenvalue weighted by atomic mass is 10.1. The van der Waals surface area contributed by atoms with Crippen LogP contribution in [0.25, 0.3) is 0 Å². The number of likely N-dealkylation sites (tertiary alicyclic amines) is 1. The summed E-state index contributed by atoms with van der Waals surface area (Å²) in [6.07, 6.45) is 0.782. The Labute approximate surface area is 110 Å². The summed E-state index contributed by atoms with van der Waals surface area (Å²) in [5.41, 5.74) is 0. The van der Waals surface area contributed by atoms with Gasteiger partial charge < -0.3 is 10.2 Å². The van der Waals surface area contributed by atoms with Crippen LogP contribution in [0.15, 0.2) is 0 Å². The molecular weight excluding hydrogens is 250 g/mol. The molecule has 0 bridgehead atoms. The first-order chi connectivity index (χ1) is 8.61. The molecule has 0 aromatic heterocycles. The highest BCUT2D eigenvalue weighted by Gasteiger charge is 2.31. The molecule has 2 saturated heterocycles. The maximum absolute atomic E-state index is 11.4. The zero-order chi connectivity index (χ0) is 13.0. The van der Waals surface area contributed by atoms with E-state index in [9.17, 15) is 8.42 Å². The smallest absolute Gasteiger partial charge is 0.150 e. The van der Waals surface area contributed by atoms with E-state index in [2.05, 4.69) is 15.1 Å². The van der Waals surface area contributed by atoms with Gasteiger partial charge in [0.05, 0.1) is 5.75 Å². The van der Waals surface area contributed by atoms with Crippen molar-refractivity contribution >= 4 is 9.84 Å². The zero-order valence-electron chi connectivity index (χ0n) is 11.3. The largest absolute Gasteiger partial charge is 0.314 e. The van der Waals surface area contributed by atoms with Gasteiger partial charge in [-0.25, -0.2) is 8.42 Å². The van der Waals surface area contributed by atoms with E-state index >= 15 is 0 Å². The summed E-state index contributed by atoms with van der Waals surface area (Å²) in [7, 11) is -2.78. The van der Waals surface area contributed by atoms with Crippen molar-refractivity contribution in [2.45, 2.75) is 19.4 Å². The van der Waals surface area contributed by atoms with E-state index in [4.69, 9.17) is 0 Å². The van der Waals surface area contributed by atoms with Crippen molar-refractivity contribution in [3.8, 4) is 0 Å². The van der Waals surface area contributed by atoms with Crippen molar-refractivity contribution in [1.29, 1.82) is 0 Å². The molecule has 6 heteroatoms. The van der Waals surface area contributed by atoms with Crippen LogP contribution in [0, 0.1) is 0 Å². The fraction of sp³-hybridized carbons (Fsp3) is 1.00. The number of rotatable bonds is 6. The second-order valence-electron chi connectivity index (χ2n) is 5.29. The number of hydrogen-bond acceptors (Lipinski definition) is 5. The number of sulfone groups is 1. The molecule has 0 aliphatic carbocycles. The molecule has 106 valence electrons. The number of piperazine rings is 1. The first kappa shape index (κ1) is 14.2. The van der Waals surface area contributed by atoms with Crippen LogP contribution < -0.4 is 5.32 Å². The van der Waals surface area contributed by atoms with Crippen LogP contribution >= 0.6 is 0 Å². The Morgan fingerprint density at radius 2 is 1.89 bits per heavy atom. The van der Waals surface area contributed by atoms with E-state index < -0.39 is 9.84 Å². The first-order valence-corrected chi connectivity index (χ1v) is 8.80. The van der Waals surface area contributed by atoms with Crippen LogP contribution in [0.1, 0.15) is 13.3 Å². The molecule has 2 heterocycles. The molecular formula is C12H25N3O2S. The fourth-order valence-electron chi connectivity index (χ4n) is 2.66. The monoisotopic (exact) mass is 275 g/mol. The van der Waals surface area contributed by atoms with Crippen molar-refractivity contribution in [1.82, 2.24) is 15.1 Å². The third-order valence-corrected chi connectivity index (χ3v) is 5.77. The summed E-state index contributed by atoms with van der Waals surface area (Å²) >= 11 is 0. The molecule has 0 atom stereocenters. The molecule has 0 radical (unpaired) electrons. The predicted octanol–water partition coefficient (Wildman–Crippen LogP) is -0.599. The maximum Gasteiger partial charge on any atom is 0.150 e. The predicted molar refractivity (Wildman–Crippen MR) is 73.6 cm³/mol. The fourth-order valence-corrected chi connectivity index (χ4v) is 3.51. The van der Waals surface area contributed by atoms with Gasteiger partial charge in [0.25, 0.3) is 0 Å².